The first-order chi connectivity index (χ1) is 12.5. The predicted octanol–water partition coefficient (Wildman–Crippen LogP) is 0.778. The summed E-state index contributed by atoms with van der Waals surface area (Å²) in [5.41, 5.74) is 0. The van der Waals surface area contributed by atoms with Crippen LogP contribution in [0.15, 0.2) is 4.52 Å². The fraction of sp³-hybridized carbons (Fsp3) is 0.600. The maximum Gasteiger partial charge on any atom is 0.246 e. The molecule has 0 spiro atoms. The molecule has 1 aliphatic heterocycles. The van der Waals surface area contributed by atoms with Gasteiger partial charge in [0.15, 0.2) is 5.82 Å². The Morgan fingerprint density at radius 1 is 1.46 bits per heavy atom. The second-order valence-electron chi connectivity index (χ2n) is 5.95. The summed E-state index contributed by atoms with van der Waals surface area (Å²) in [6, 6.07) is 0. The molecule has 1 unspecified atom stereocenters. The maximum atomic E-state index is 12.6. The van der Waals surface area contributed by atoms with Crippen molar-refractivity contribution in [2.24, 2.45) is 5.92 Å². The van der Waals surface area contributed by atoms with Crippen molar-refractivity contribution in [3.63, 3.8) is 0 Å². The van der Waals surface area contributed by atoms with E-state index >= 15 is 0 Å². The minimum absolute atomic E-state index is 0.135. The number of ether oxygens (including phenoxy) is 1. The first-order valence-corrected chi connectivity index (χ1v) is 9.04. The molecule has 0 aliphatic carbocycles. The van der Waals surface area contributed by atoms with Crippen LogP contribution < -0.4 is 4.90 Å². The second kappa shape index (κ2) is 7.87. The molecule has 3 heterocycles. The van der Waals surface area contributed by atoms with Gasteiger partial charge in [-0.15, -0.1) is 10.2 Å². The molecule has 1 atom stereocenters. The zero-order chi connectivity index (χ0) is 18.7. The van der Waals surface area contributed by atoms with E-state index in [1.165, 1.54) is 21.1 Å². The molecule has 0 saturated carbocycles. The number of carbonyl (C=O) groups is 2. The van der Waals surface area contributed by atoms with Crippen LogP contribution in [0.25, 0.3) is 0 Å². The molecule has 2 amide bonds. The minimum Gasteiger partial charge on any atom is -0.374 e. The molecule has 2 aromatic heterocycles. The Morgan fingerprint density at radius 2 is 2.27 bits per heavy atom. The molecule has 26 heavy (non-hydrogen) atoms. The van der Waals surface area contributed by atoms with Crippen molar-refractivity contribution in [3.05, 3.63) is 16.7 Å². The van der Waals surface area contributed by atoms with E-state index in [9.17, 15) is 9.59 Å². The van der Waals surface area contributed by atoms with Crippen LogP contribution in [0.2, 0.25) is 0 Å². The van der Waals surface area contributed by atoms with Crippen LogP contribution in [0.3, 0.4) is 0 Å². The molecule has 3 rings (SSSR count). The second-order valence-corrected chi connectivity index (χ2v) is 6.99. The Bertz CT molecular complexity index is 791. The number of hydrogen-bond acceptors (Lipinski definition) is 9. The van der Waals surface area contributed by atoms with Crippen LogP contribution in [-0.2, 0) is 27.5 Å². The molecule has 1 saturated heterocycles. The number of aromatic nitrogens is 4. The first-order valence-electron chi connectivity index (χ1n) is 8.22. The molecule has 0 radical (unpaired) electrons. The van der Waals surface area contributed by atoms with Gasteiger partial charge in [-0.25, -0.2) is 0 Å². The van der Waals surface area contributed by atoms with Gasteiger partial charge >= 0.3 is 0 Å². The third-order valence-electron chi connectivity index (χ3n) is 3.91. The van der Waals surface area contributed by atoms with E-state index < -0.39 is 5.92 Å². The van der Waals surface area contributed by atoms with Gasteiger partial charge < -0.3 is 14.2 Å². The molecule has 11 heteroatoms. The number of aryl methyl sites for hydroxylation is 1. The Morgan fingerprint density at radius 3 is 2.96 bits per heavy atom. The van der Waals surface area contributed by atoms with Crippen molar-refractivity contribution in [2.45, 2.75) is 33.4 Å². The van der Waals surface area contributed by atoms with E-state index in [1.807, 2.05) is 6.92 Å². The number of rotatable bonds is 7. The van der Waals surface area contributed by atoms with E-state index in [-0.39, 0.29) is 31.3 Å². The number of hydrogen-bond donors (Lipinski definition) is 0. The highest BCUT2D eigenvalue weighted by Crippen LogP contribution is 2.29. The third-order valence-corrected chi connectivity index (χ3v) is 4.83. The van der Waals surface area contributed by atoms with Gasteiger partial charge in [0, 0.05) is 26.6 Å². The van der Waals surface area contributed by atoms with E-state index in [4.69, 9.17) is 9.26 Å². The van der Waals surface area contributed by atoms with Gasteiger partial charge in [0.05, 0.1) is 12.5 Å². The predicted molar refractivity (Wildman–Crippen MR) is 91.2 cm³/mol. The van der Waals surface area contributed by atoms with Crippen LogP contribution >= 0.6 is 11.3 Å². The van der Waals surface area contributed by atoms with Crippen molar-refractivity contribution < 1.29 is 18.8 Å². The van der Waals surface area contributed by atoms with Crippen molar-refractivity contribution in [2.75, 3.05) is 25.1 Å². The van der Waals surface area contributed by atoms with E-state index in [2.05, 4.69) is 20.3 Å². The van der Waals surface area contributed by atoms with Gasteiger partial charge in [0.2, 0.25) is 22.8 Å². The molecule has 1 aliphatic rings. The Balaban J connectivity index is 1.61. The number of carbonyl (C=O) groups excluding carboxylic acids is 2. The van der Waals surface area contributed by atoms with E-state index in [0.29, 0.717) is 35.1 Å². The van der Waals surface area contributed by atoms with Gasteiger partial charge in [0.1, 0.15) is 11.6 Å². The summed E-state index contributed by atoms with van der Waals surface area (Å²) in [7, 11) is 1.65. The quantitative estimate of drug-likeness (QED) is 0.692. The van der Waals surface area contributed by atoms with Crippen molar-refractivity contribution in [1.29, 1.82) is 0 Å². The third kappa shape index (κ3) is 4.05. The fourth-order valence-electron chi connectivity index (χ4n) is 2.66. The lowest BCUT2D eigenvalue weighted by molar-refractivity contribution is -0.135. The van der Waals surface area contributed by atoms with Crippen LogP contribution in [0.4, 0.5) is 5.13 Å². The summed E-state index contributed by atoms with van der Waals surface area (Å²) in [6.07, 6.45) is 0.145. The van der Waals surface area contributed by atoms with Gasteiger partial charge in [-0.2, -0.15) is 4.98 Å². The Kier molecular flexibility index (Phi) is 5.57. The molecular formula is C15H20N6O4S. The highest BCUT2D eigenvalue weighted by Gasteiger charge is 2.38. The summed E-state index contributed by atoms with van der Waals surface area (Å²) >= 11 is 1.30. The van der Waals surface area contributed by atoms with E-state index in [1.54, 1.807) is 14.0 Å². The lowest BCUT2D eigenvalue weighted by Gasteiger charge is -2.19. The molecular weight excluding hydrogens is 360 g/mol. The molecule has 10 nitrogen and oxygen atoms in total. The average Bonchev–Trinajstić information content (AvgIpc) is 3.32. The molecule has 2 aromatic rings. The first kappa shape index (κ1) is 18.4. The van der Waals surface area contributed by atoms with Gasteiger partial charge in [-0.05, 0) is 13.8 Å². The van der Waals surface area contributed by atoms with E-state index in [0.717, 1.165) is 0 Å². The normalized spacial score (nSPS) is 17.1. The molecule has 0 aromatic carbocycles. The van der Waals surface area contributed by atoms with Crippen molar-refractivity contribution in [3.8, 4) is 0 Å². The van der Waals surface area contributed by atoms with Gasteiger partial charge in [-0.1, -0.05) is 16.5 Å². The number of amides is 2. The zero-order valence-corrected chi connectivity index (χ0v) is 15.7. The monoisotopic (exact) mass is 380 g/mol. The summed E-state index contributed by atoms with van der Waals surface area (Å²) in [4.78, 5) is 32.0. The molecule has 0 bridgehead atoms. The fourth-order valence-corrected chi connectivity index (χ4v) is 3.46. The smallest absolute Gasteiger partial charge is 0.246 e. The summed E-state index contributed by atoms with van der Waals surface area (Å²) < 4.78 is 10.3. The SMILES string of the molecule is CCOCc1nnc(N2CC(C(=O)N(C)Cc3nc(C)no3)CC2=O)s1. The number of nitrogens with zero attached hydrogens (tertiary/aromatic N) is 6. The van der Waals surface area contributed by atoms with Gasteiger partial charge in [-0.3, -0.25) is 14.5 Å². The largest absolute Gasteiger partial charge is 0.374 e. The lowest BCUT2D eigenvalue weighted by Crippen LogP contribution is -2.34. The molecule has 140 valence electrons. The lowest BCUT2D eigenvalue weighted by atomic mass is 10.1. The van der Waals surface area contributed by atoms with Crippen LogP contribution in [0.5, 0.6) is 0 Å². The highest BCUT2D eigenvalue weighted by atomic mass is 32.1. The van der Waals surface area contributed by atoms with Crippen molar-refractivity contribution >= 4 is 28.3 Å². The zero-order valence-electron chi connectivity index (χ0n) is 14.8. The van der Waals surface area contributed by atoms with Crippen LogP contribution in [0.1, 0.15) is 30.1 Å². The van der Waals surface area contributed by atoms with Crippen molar-refractivity contribution in [1.82, 2.24) is 25.2 Å². The topological polar surface area (TPSA) is 115 Å². The molecule has 1 fully saturated rings. The van der Waals surface area contributed by atoms with Crippen LogP contribution in [0, 0.1) is 12.8 Å². The maximum absolute atomic E-state index is 12.6. The molecule has 0 N–H and O–H groups in total. The van der Waals surface area contributed by atoms with Crippen LogP contribution in [-0.4, -0.2) is 57.3 Å². The summed E-state index contributed by atoms with van der Waals surface area (Å²) in [6.45, 7) is 5.05. The Hall–Kier alpha value is -2.40. The number of anilines is 1. The van der Waals surface area contributed by atoms with Gasteiger partial charge in [0.25, 0.3) is 0 Å². The highest BCUT2D eigenvalue weighted by molar-refractivity contribution is 7.15. The standard InChI is InChI=1S/C15H20N6O4S/c1-4-24-8-12-17-18-15(26-12)21-6-10(5-13(21)22)14(23)20(3)7-11-16-9(2)19-25-11/h10H,4-8H2,1-3H3. The Labute approximate surface area is 154 Å². The summed E-state index contributed by atoms with van der Waals surface area (Å²) in [5.74, 6) is 0.169. The summed E-state index contributed by atoms with van der Waals surface area (Å²) in [5, 5.41) is 13.0. The minimum atomic E-state index is -0.434. The average molecular weight is 380 g/mol.